The summed E-state index contributed by atoms with van der Waals surface area (Å²) in [4.78, 5) is 16.3. The third-order valence-corrected chi connectivity index (χ3v) is 2.97. The fourth-order valence-electron chi connectivity index (χ4n) is 1.74. The first-order valence-electron chi connectivity index (χ1n) is 5.89. The summed E-state index contributed by atoms with van der Waals surface area (Å²) >= 11 is 0. The van der Waals surface area contributed by atoms with Crippen molar-refractivity contribution in [3.63, 3.8) is 0 Å². The molecule has 0 spiro atoms. The molecule has 1 heterocycles. The topological polar surface area (TPSA) is 42.0 Å². The van der Waals surface area contributed by atoms with E-state index in [1.165, 1.54) is 0 Å². The average Bonchev–Trinajstić information content (AvgIpc) is 2.35. The fraction of sp³-hybridized carbons (Fsp3) is 0.200. The highest BCUT2D eigenvalue weighted by Crippen LogP contribution is 2.18. The number of aryl methyl sites for hydroxylation is 2. The van der Waals surface area contributed by atoms with E-state index in [-0.39, 0.29) is 5.91 Å². The van der Waals surface area contributed by atoms with Crippen molar-refractivity contribution in [2.75, 3.05) is 5.32 Å². The average molecular weight is 240 g/mol. The Morgan fingerprint density at radius 2 is 1.78 bits per heavy atom. The second kappa shape index (κ2) is 5.00. The van der Waals surface area contributed by atoms with Crippen LogP contribution in [0.25, 0.3) is 0 Å². The van der Waals surface area contributed by atoms with Crippen LogP contribution in [0.4, 0.5) is 5.69 Å². The maximum absolute atomic E-state index is 12.1. The van der Waals surface area contributed by atoms with Gasteiger partial charge in [0.2, 0.25) is 0 Å². The molecule has 1 aromatic carbocycles. The van der Waals surface area contributed by atoms with Gasteiger partial charge in [-0.1, -0.05) is 18.2 Å². The third kappa shape index (κ3) is 2.56. The van der Waals surface area contributed by atoms with Gasteiger partial charge in [-0.05, 0) is 50.1 Å². The van der Waals surface area contributed by atoms with Crippen LogP contribution in [0.1, 0.15) is 27.3 Å². The number of hydrogen-bond donors (Lipinski definition) is 1. The number of nitrogens with one attached hydrogen (secondary N) is 1. The van der Waals surface area contributed by atoms with Crippen molar-refractivity contribution in [2.45, 2.75) is 20.8 Å². The van der Waals surface area contributed by atoms with Gasteiger partial charge in [-0.15, -0.1) is 0 Å². The minimum absolute atomic E-state index is 0.174. The van der Waals surface area contributed by atoms with Crippen molar-refractivity contribution in [1.82, 2.24) is 4.98 Å². The molecule has 0 aliphatic heterocycles. The minimum atomic E-state index is -0.174. The SMILES string of the molecule is Cc1cccc(C(=O)Nc2cccc(C)c2C)n1. The number of anilines is 1. The van der Waals surface area contributed by atoms with E-state index in [0.29, 0.717) is 5.69 Å². The largest absolute Gasteiger partial charge is 0.320 e. The van der Waals surface area contributed by atoms with Gasteiger partial charge in [-0.25, -0.2) is 4.98 Å². The van der Waals surface area contributed by atoms with Gasteiger partial charge in [0, 0.05) is 11.4 Å². The molecule has 92 valence electrons. The predicted molar refractivity (Wildman–Crippen MR) is 72.8 cm³/mol. The Morgan fingerprint density at radius 1 is 1.06 bits per heavy atom. The van der Waals surface area contributed by atoms with E-state index >= 15 is 0 Å². The van der Waals surface area contributed by atoms with Crippen molar-refractivity contribution in [3.8, 4) is 0 Å². The number of rotatable bonds is 2. The zero-order valence-electron chi connectivity index (χ0n) is 10.8. The Morgan fingerprint density at radius 3 is 2.50 bits per heavy atom. The van der Waals surface area contributed by atoms with Crippen LogP contribution < -0.4 is 5.32 Å². The maximum atomic E-state index is 12.1. The van der Waals surface area contributed by atoms with E-state index in [0.717, 1.165) is 22.5 Å². The first kappa shape index (κ1) is 12.3. The first-order chi connectivity index (χ1) is 8.58. The van der Waals surface area contributed by atoms with Gasteiger partial charge in [0.05, 0.1) is 0 Å². The van der Waals surface area contributed by atoms with Gasteiger partial charge >= 0.3 is 0 Å². The van der Waals surface area contributed by atoms with Gasteiger partial charge < -0.3 is 5.32 Å². The number of carbonyl (C=O) groups is 1. The summed E-state index contributed by atoms with van der Waals surface area (Å²) in [6.07, 6.45) is 0. The van der Waals surface area contributed by atoms with Gasteiger partial charge in [-0.2, -0.15) is 0 Å². The predicted octanol–water partition coefficient (Wildman–Crippen LogP) is 3.26. The summed E-state index contributed by atoms with van der Waals surface area (Å²) in [6, 6.07) is 11.3. The third-order valence-electron chi connectivity index (χ3n) is 2.97. The fourth-order valence-corrected chi connectivity index (χ4v) is 1.74. The summed E-state index contributed by atoms with van der Waals surface area (Å²) in [7, 11) is 0. The second-order valence-corrected chi connectivity index (χ2v) is 4.37. The Labute approximate surface area is 107 Å². The molecule has 0 radical (unpaired) electrons. The summed E-state index contributed by atoms with van der Waals surface area (Å²) in [5.41, 5.74) is 4.35. The molecule has 3 nitrogen and oxygen atoms in total. The Balaban J connectivity index is 2.24. The van der Waals surface area contributed by atoms with E-state index in [9.17, 15) is 4.79 Å². The molecule has 3 heteroatoms. The smallest absolute Gasteiger partial charge is 0.274 e. The van der Waals surface area contributed by atoms with Crippen LogP contribution in [0, 0.1) is 20.8 Å². The zero-order chi connectivity index (χ0) is 13.1. The molecule has 1 N–H and O–H groups in total. The highest BCUT2D eigenvalue weighted by atomic mass is 16.1. The molecule has 1 aromatic heterocycles. The van der Waals surface area contributed by atoms with Crippen LogP contribution in [-0.4, -0.2) is 10.9 Å². The lowest BCUT2D eigenvalue weighted by Gasteiger charge is -2.10. The summed E-state index contributed by atoms with van der Waals surface area (Å²) < 4.78 is 0. The van der Waals surface area contributed by atoms with Crippen LogP contribution in [0.2, 0.25) is 0 Å². The second-order valence-electron chi connectivity index (χ2n) is 4.37. The molecule has 0 atom stereocenters. The number of hydrogen-bond acceptors (Lipinski definition) is 2. The molecular formula is C15H16N2O. The Kier molecular flexibility index (Phi) is 3.42. The molecular weight excluding hydrogens is 224 g/mol. The quantitative estimate of drug-likeness (QED) is 0.875. The lowest BCUT2D eigenvalue weighted by atomic mass is 10.1. The highest BCUT2D eigenvalue weighted by molar-refractivity contribution is 6.03. The molecule has 0 aliphatic rings. The number of benzene rings is 1. The standard InChI is InChI=1S/C15H16N2O/c1-10-6-4-8-13(12(10)3)17-15(18)14-9-5-7-11(2)16-14/h4-9H,1-3H3,(H,17,18). The van der Waals surface area contributed by atoms with Crippen molar-refractivity contribution in [1.29, 1.82) is 0 Å². The number of nitrogens with zero attached hydrogens (tertiary/aromatic N) is 1. The Bertz CT molecular complexity index is 591. The zero-order valence-corrected chi connectivity index (χ0v) is 10.8. The number of carbonyl (C=O) groups excluding carboxylic acids is 1. The molecule has 0 unspecified atom stereocenters. The van der Waals surface area contributed by atoms with Gasteiger partial charge in [0.25, 0.3) is 5.91 Å². The van der Waals surface area contributed by atoms with E-state index in [2.05, 4.69) is 10.3 Å². The van der Waals surface area contributed by atoms with Crippen LogP contribution in [0.15, 0.2) is 36.4 Å². The van der Waals surface area contributed by atoms with Gasteiger partial charge in [-0.3, -0.25) is 4.79 Å². The molecule has 0 fully saturated rings. The Hall–Kier alpha value is -2.16. The van der Waals surface area contributed by atoms with Crippen LogP contribution >= 0.6 is 0 Å². The summed E-state index contributed by atoms with van der Waals surface area (Å²) in [5.74, 6) is -0.174. The van der Waals surface area contributed by atoms with Crippen molar-refractivity contribution >= 4 is 11.6 Å². The first-order valence-corrected chi connectivity index (χ1v) is 5.89. The van der Waals surface area contributed by atoms with Crippen LogP contribution in [0.5, 0.6) is 0 Å². The summed E-state index contributed by atoms with van der Waals surface area (Å²) in [5, 5.41) is 2.89. The lowest BCUT2D eigenvalue weighted by Crippen LogP contribution is -2.14. The maximum Gasteiger partial charge on any atom is 0.274 e. The number of aromatic nitrogens is 1. The van der Waals surface area contributed by atoms with Crippen molar-refractivity contribution in [3.05, 3.63) is 58.9 Å². The normalized spacial score (nSPS) is 10.2. The van der Waals surface area contributed by atoms with Crippen molar-refractivity contribution < 1.29 is 4.79 Å². The minimum Gasteiger partial charge on any atom is -0.320 e. The molecule has 2 aromatic rings. The van der Waals surface area contributed by atoms with Crippen molar-refractivity contribution in [2.24, 2.45) is 0 Å². The van der Waals surface area contributed by atoms with E-state index in [1.54, 1.807) is 6.07 Å². The lowest BCUT2D eigenvalue weighted by molar-refractivity contribution is 0.102. The monoisotopic (exact) mass is 240 g/mol. The van der Waals surface area contributed by atoms with E-state index in [4.69, 9.17) is 0 Å². The molecule has 18 heavy (non-hydrogen) atoms. The summed E-state index contributed by atoms with van der Waals surface area (Å²) in [6.45, 7) is 5.89. The molecule has 0 saturated heterocycles. The van der Waals surface area contributed by atoms with Crippen LogP contribution in [-0.2, 0) is 0 Å². The van der Waals surface area contributed by atoms with E-state index < -0.39 is 0 Å². The number of pyridine rings is 1. The number of amides is 1. The molecule has 0 bridgehead atoms. The van der Waals surface area contributed by atoms with Crippen LogP contribution in [0.3, 0.4) is 0 Å². The highest BCUT2D eigenvalue weighted by Gasteiger charge is 2.09. The molecule has 2 rings (SSSR count). The molecule has 0 aliphatic carbocycles. The molecule has 1 amide bonds. The van der Waals surface area contributed by atoms with Gasteiger partial charge in [0.15, 0.2) is 0 Å². The van der Waals surface area contributed by atoms with Gasteiger partial charge in [0.1, 0.15) is 5.69 Å². The molecule has 0 saturated carbocycles. The van der Waals surface area contributed by atoms with E-state index in [1.807, 2.05) is 51.1 Å².